The van der Waals surface area contributed by atoms with E-state index in [1.807, 2.05) is 25.1 Å². The van der Waals surface area contributed by atoms with E-state index < -0.39 is 5.82 Å². The van der Waals surface area contributed by atoms with Gasteiger partial charge in [-0.15, -0.1) is 0 Å². The van der Waals surface area contributed by atoms with Gasteiger partial charge in [0.15, 0.2) is 18.2 Å². The van der Waals surface area contributed by atoms with Crippen LogP contribution in [0.2, 0.25) is 0 Å². The number of ether oxygens (including phenoxy) is 1. The first-order valence-electron chi connectivity index (χ1n) is 10.2. The van der Waals surface area contributed by atoms with E-state index in [0.29, 0.717) is 11.6 Å². The maximum Gasteiger partial charge on any atom is 0.262 e. The average molecular weight is 421 g/mol. The highest BCUT2D eigenvalue weighted by Gasteiger charge is 2.15. The van der Waals surface area contributed by atoms with Crippen LogP contribution in [0, 0.1) is 12.7 Å². The highest BCUT2D eigenvalue weighted by molar-refractivity contribution is 5.92. The second kappa shape index (κ2) is 9.42. The second-order valence-corrected chi connectivity index (χ2v) is 7.35. The minimum absolute atomic E-state index is 0.0450. The van der Waals surface area contributed by atoms with E-state index in [9.17, 15) is 9.18 Å². The molecule has 1 saturated heterocycles. The van der Waals surface area contributed by atoms with Crippen LogP contribution in [0.3, 0.4) is 0 Å². The fourth-order valence-electron chi connectivity index (χ4n) is 3.38. The molecule has 1 aliphatic heterocycles. The van der Waals surface area contributed by atoms with Crippen molar-refractivity contribution in [2.75, 3.05) is 35.2 Å². The molecule has 1 aromatic heterocycles. The molecule has 160 valence electrons. The van der Waals surface area contributed by atoms with Crippen molar-refractivity contribution in [1.82, 2.24) is 9.97 Å². The average Bonchev–Trinajstić information content (AvgIpc) is 3.29. The first-order valence-corrected chi connectivity index (χ1v) is 10.2. The van der Waals surface area contributed by atoms with Crippen molar-refractivity contribution in [3.63, 3.8) is 0 Å². The fraction of sp³-hybridized carbons (Fsp3) is 0.261. The molecule has 1 amide bonds. The molecule has 0 aliphatic carbocycles. The van der Waals surface area contributed by atoms with E-state index in [4.69, 9.17) is 4.74 Å². The molecule has 2 N–H and O–H groups in total. The smallest absolute Gasteiger partial charge is 0.262 e. The first-order chi connectivity index (χ1) is 15.1. The Labute approximate surface area is 180 Å². The van der Waals surface area contributed by atoms with Gasteiger partial charge in [-0.2, -0.15) is 4.98 Å². The molecule has 7 nitrogen and oxygen atoms in total. The quantitative estimate of drug-likeness (QED) is 0.593. The topological polar surface area (TPSA) is 79.4 Å². The number of carbonyl (C=O) groups excluding carboxylic acids is 1. The maximum absolute atomic E-state index is 13.6. The van der Waals surface area contributed by atoms with Gasteiger partial charge in [-0.25, -0.2) is 9.37 Å². The Morgan fingerprint density at radius 3 is 2.52 bits per heavy atom. The van der Waals surface area contributed by atoms with E-state index in [2.05, 4.69) is 25.5 Å². The van der Waals surface area contributed by atoms with Crippen LogP contribution in [0.1, 0.15) is 18.5 Å². The summed E-state index contributed by atoms with van der Waals surface area (Å²) in [6.45, 7) is 3.71. The minimum atomic E-state index is -0.503. The molecule has 2 heterocycles. The third-order valence-corrected chi connectivity index (χ3v) is 4.89. The van der Waals surface area contributed by atoms with Gasteiger partial charge in [-0.1, -0.05) is 12.1 Å². The second-order valence-electron chi connectivity index (χ2n) is 7.35. The van der Waals surface area contributed by atoms with Gasteiger partial charge in [0.2, 0.25) is 5.95 Å². The van der Waals surface area contributed by atoms with Crippen molar-refractivity contribution in [1.29, 1.82) is 0 Å². The van der Waals surface area contributed by atoms with E-state index >= 15 is 0 Å². The first kappa shape index (κ1) is 20.6. The molecule has 31 heavy (non-hydrogen) atoms. The molecule has 1 aliphatic rings. The van der Waals surface area contributed by atoms with Gasteiger partial charge in [0.05, 0.1) is 0 Å². The summed E-state index contributed by atoms with van der Waals surface area (Å²) in [7, 11) is 0. The number of amides is 1. The molecule has 2 aromatic carbocycles. The van der Waals surface area contributed by atoms with Crippen LogP contribution < -0.4 is 20.3 Å². The number of para-hydroxylation sites is 1. The molecule has 8 heteroatoms. The van der Waals surface area contributed by atoms with Crippen LogP contribution in [-0.2, 0) is 4.79 Å². The predicted molar refractivity (Wildman–Crippen MR) is 118 cm³/mol. The van der Waals surface area contributed by atoms with Crippen molar-refractivity contribution >= 4 is 29.0 Å². The lowest BCUT2D eigenvalue weighted by Crippen LogP contribution is -2.20. The molecule has 0 spiro atoms. The van der Waals surface area contributed by atoms with Crippen LogP contribution in [0.25, 0.3) is 0 Å². The Morgan fingerprint density at radius 1 is 1.06 bits per heavy atom. The number of nitrogens with one attached hydrogen (secondary N) is 2. The number of rotatable bonds is 7. The van der Waals surface area contributed by atoms with Crippen molar-refractivity contribution < 1.29 is 13.9 Å². The van der Waals surface area contributed by atoms with Crippen LogP contribution in [0.5, 0.6) is 5.75 Å². The van der Waals surface area contributed by atoms with Crippen LogP contribution in [0.15, 0.2) is 54.6 Å². The lowest BCUT2D eigenvalue weighted by molar-refractivity contribution is -0.118. The Bertz CT molecular complexity index is 1050. The van der Waals surface area contributed by atoms with Crippen LogP contribution in [0.4, 0.5) is 27.5 Å². The van der Waals surface area contributed by atoms with Gasteiger partial charge in [0.25, 0.3) is 5.91 Å². The summed E-state index contributed by atoms with van der Waals surface area (Å²) >= 11 is 0. The van der Waals surface area contributed by atoms with Crippen LogP contribution >= 0.6 is 0 Å². The summed E-state index contributed by atoms with van der Waals surface area (Å²) < 4.78 is 18.8. The van der Waals surface area contributed by atoms with E-state index in [1.54, 1.807) is 24.3 Å². The summed E-state index contributed by atoms with van der Waals surface area (Å²) in [5, 5.41) is 5.94. The van der Waals surface area contributed by atoms with Gasteiger partial charge >= 0.3 is 0 Å². The highest BCUT2D eigenvalue weighted by Crippen LogP contribution is 2.22. The lowest BCUT2D eigenvalue weighted by Gasteiger charge is -2.17. The summed E-state index contributed by atoms with van der Waals surface area (Å²) in [5.74, 6) is 0.644. The van der Waals surface area contributed by atoms with E-state index in [1.165, 1.54) is 25.0 Å². The Morgan fingerprint density at radius 2 is 1.77 bits per heavy atom. The molecule has 0 bridgehead atoms. The summed E-state index contributed by atoms with van der Waals surface area (Å²) in [6.07, 6.45) is 2.37. The zero-order chi connectivity index (χ0) is 21.6. The standard InChI is InChI=1S/C23H24FN5O2/c1-16-14-21(29-12-4-5-13-29)28-23(25-16)27-18-10-8-17(9-11-18)26-22(30)15-31-20-7-3-2-6-19(20)24/h2-3,6-11,14H,4-5,12-13,15H2,1H3,(H,26,30)(H,25,27,28). The number of aryl methyl sites for hydroxylation is 1. The van der Waals surface area contributed by atoms with Gasteiger partial charge in [0.1, 0.15) is 5.82 Å². The molecule has 3 aromatic rings. The Hall–Kier alpha value is -3.68. The zero-order valence-electron chi connectivity index (χ0n) is 17.3. The molecule has 4 rings (SSSR count). The van der Waals surface area contributed by atoms with Crippen molar-refractivity contribution in [3.8, 4) is 5.75 Å². The minimum Gasteiger partial charge on any atom is -0.481 e. The third kappa shape index (κ3) is 5.48. The normalized spacial score (nSPS) is 13.2. The molecule has 0 saturated carbocycles. The third-order valence-electron chi connectivity index (χ3n) is 4.89. The molecule has 0 radical (unpaired) electrons. The monoisotopic (exact) mass is 421 g/mol. The largest absolute Gasteiger partial charge is 0.481 e. The van der Waals surface area contributed by atoms with E-state index in [0.717, 1.165) is 30.3 Å². The summed E-state index contributed by atoms with van der Waals surface area (Å²) in [5.41, 5.74) is 2.31. The summed E-state index contributed by atoms with van der Waals surface area (Å²) in [6, 6.07) is 15.2. The van der Waals surface area contributed by atoms with Crippen molar-refractivity contribution in [2.45, 2.75) is 19.8 Å². The number of anilines is 4. The molecule has 0 atom stereocenters. The number of halogens is 1. The molecule has 1 fully saturated rings. The molecular formula is C23H24FN5O2. The maximum atomic E-state index is 13.6. The number of hydrogen-bond acceptors (Lipinski definition) is 6. The highest BCUT2D eigenvalue weighted by atomic mass is 19.1. The predicted octanol–water partition coefficient (Wildman–Crippen LogP) is 4.29. The van der Waals surface area contributed by atoms with Crippen molar-refractivity contribution in [2.24, 2.45) is 0 Å². The van der Waals surface area contributed by atoms with Gasteiger partial charge in [-0.3, -0.25) is 4.79 Å². The SMILES string of the molecule is Cc1cc(N2CCCC2)nc(Nc2ccc(NC(=O)COc3ccccc3F)cc2)n1. The van der Waals surface area contributed by atoms with Crippen molar-refractivity contribution in [3.05, 3.63) is 66.1 Å². The Balaban J connectivity index is 1.34. The van der Waals surface area contributed by atoms with Gasteiger partial charge in [-0.05, 0) is 56.2 Å². The Kier molecular flexibility index (Phi) is 6.26. The van der Waals surface area contributed by atoms with Gasteiger partial charge < -0.3 is 20.3 Å². The number of benzene rings is 2. The number of aromatic nitrogens is 2. The number of nitrogens with zero attached hydrogens (tertiary/aromatic N) is 3. The molecule has 0 unspecified atom stereocenters. The summed E-state index contributed by atoms with van der Waals surface area (Å²) in [4.78, 5) is 23.4. The van der Waals surface area contributed by atoms with Crippen LogP contribution in [-0.4, -0.2) is 35.6 Å². The number of hydrogen-bond donors (Lipinski definition) is 2. The lowest BCUT2D eigenvalue weighted by atomic mass is 10.3. The fourth-order valence-corrected chi connectivity index (χ4v) is 3.38. The van der Waals surface area contributed by atoms with E-state index in [-0.39, 0.29) is 18.3 Å². The zero-order valence-corrected chi connectivity index (χ0v) is 17.3. The molecular weight excluding hydrogens is 397 g/mol. The number of carbonyl (C=O) groups is 1. The van der Waals surface area contributed by atoms with Gasteiger partial charge in [0, 0.05) is 36.2 Å².